The van der Waals surface area contributed by atoms with E-state index in [1.165, 1.54) is 5.75 Å². The molecule has 1 aromatic rings. The SMILES string of the molecule is COc1ccccc1SC1=NCC(C)CS1. The summed E-state index contributed by atoms with van der Waals surface area (Å²) in [6.45, 7) is 3.19. The molecule has 2 nitrogen and oxygen atoms in total. The highest BCUT2D eigenvalue weighted by Gasteiger charge is 2.14. The lowest BCUT2D eigenvalue weighted by atomic mass is 10.2. The first kappa shape index (κ1) is 11.9. The van der Waals surface area contributed by atoms with Crippen LogP contribution in [0, 0.1) is 5.92 Å². The molecule has 0 saturated heterocycles. The largest absolute Gasteiger partial charge is 0.496 e. The summed E-state index contributed by atoms with van der Waals surface area (Å²) in [5.41, 5.74) is 0. The summed E-state index contributed by atoms with van der Waals surface area (Å²) in [6, 6.07) is 8.08. The third kappa shape index (κ3) is 2.95. The van der Waals surface area contributed by atoms with E-state index >= 15 is 0 Å². The first-order valence-corrected chi connectivity index (χ1v) is 7.08. The molecule has 0 spiro atoms. The molecule has 0 saturated carbocycles. The van der Waals surface area contributed by atoms with Gasteiger partial charge in [0.2, 0.25) is 0 Å². The molecule has 86 valence electrons. The summed E-state index contributed by atoms with van der Waals surface area (Å²) >= 11 is 3.55. The number of methoxy groups -OCH3 is 1. The number of ether oxygens (including phenoxy) is 1. The number of hydrogen-bond donors (Lipinski definition) is 0. The van der Waals surface area contributed by atoms with Gasteiger partial charge in [-0.2, -0.15) is 0 Å². The smallest absolute Gasteiger partial charge is 0.132 e. The van der Waals surface area contributed by atoms with Gasteiger partial charge in [-0.3, -0.25) is 4.99 Å². The number of thioether (sulfide) groups is 2. The van der Waals surface area contributed by atoms with Gasteiger partial charge in [0.25, 0.3) is 0 Å². The molecule has 0 aromatic heterocycles. The average Bonchev–Trinajstić information content (AvgIpc) is 2.33. The lowest BCUT2D eigenvalue weighted by molar-refractivity contribution is 0.405. The molecule has 0 radical (unpaired) electrons. The molecule has 1 unspecified atom stereocenters. The molecule has 1 aliphatic rings. The predicted molar refractivity (Wildman–Crippen MR) is 72.8 cm³/mol. The van der Waals surface area contributed by atoms with Crippen LogP contribution in [0.2, 0.25) is 0 Å². The van der Waals surface area contributed by atoms with Gasteiger partial charge in [-0.1, -0.05) is 42.6 Å². The van der Waals surface area contributed by atoms with Crippen LogP contribution >= 0.6 is 23.5 Å². The van der Waals surface area contributed by atoms with Gasteiger partial charge >= 0.3 is 0 Å². The molecular formula is C12H15NOS2. The van der Waals surface area contributed by atoms with E-state index in [0.717, 1.165) is 21.6 Å². The van der Waals surface area contributed by atoms with Crippen molar-refractivity contribution >= 4 is 27.9 Å². The highest BCUT2D eigenvalue weighted by atomic mass is 32.2. The zero-order valence-electron chi connectivity index (χ0n) is 9.47. The van der Waals surface area contributed by atoms with Crippen LogP contribution in [0.25, 0.3) is 0 Å². The van der Waals surface area contributed by atoms with Gasteiger partial charge in [0, 0.05) is 12.3 Å². The summed E-state index contributed by atoms with van der Waals surface area (Å²) in [7, 11) is 1.71. The lowest BCUT2D eigenvalue weighted by Gasteiger charge is -2.16. The second-order valence-corrected chi connectivity index (χ2v) is 6.07. The van der Waals surface area contributed by atoms with E-state index in [0.29, 0.717) is 5.92 Å². The van der Waals surface area contributed by atoms with Gasteiger partial charge in [-0.15, -0.1) is 0 Å². The third-order valence-corrected chi connectivity index (χ3v) is 4.87. The Morgan fingerprint density at radius 3 is 2.94 bits per heavy atom. The van der Waals surface area contributed by atoms with Gasteiger partial charge < -0.3 is 4.74 Å². The second kappa shape index (κ2) is 5.64. The normalized spacial score (nSPS) is 20.4. The highest BCUT2D eigenvalue weighted by molar-refractivity contribution is 8.39. The average molecular weight is 253 g/mol. The molecule has 0 amide bonds. The van der Waals surface area contributed by atoms with Crippen LogP contribution in [0.3, 0.4) is 0 Å². The molecule has 0 fully saturated rings. The maximum Gasteiger partial charge on any atom is 0.132 e. The van der Waals surface area contributed by atoms with E-state index in [9.17, 15) is 0 Å². The zero-order chi connectivity index (χ0) is 11.4. The number of aliphatic imine (C=N–C) groups is 1. The van der Waals surface area contributed by atoms with Crippen LogP contribution in [0.1, 0.15) is 6.92 Å². The van der Waals surface area contributed by atoms with Gasteiger partial charge in [-0.25, -0.2) is 0 Å². The van der Waals surface area contributed by atoms with Crippen LogP contribution in [-0.2, 0) is 0 Å². The molecule has 4 heteroatoms. The third-order valence-electron chi connectivity index (χ3n) is 2.29. The number of para-hydroxylation sites is 1. The lowest BCUT2D eigenvalue weighted by Crippen LogP contribution is -2.10. The fourth-order valence-electron chi connectivity index (χ4n) is 1.40. The first-order chi connectivity index (χ1) is 7.79. The van der Waals surface area contributed by atoms with Crippen molar-refractivity contribution in [2.45, 2.75) is 11.8 Å². The Hall–Kier alpha value is -0.610. The Morgan fingerprint density at radius 1 is 1.44 bits per heavy atom. The zero-order valence-corrected chi connectivity index (χ0v) is 11.1. The van der Waals surface area contributed by atoms with Crippen LogP contribution < -0.4 is 4.74 Å². The van der Waals surface area contributed by atoms with Crippen LogP contribution in [-0.4, -0.2) is 23.8 Å². The first-order valence-electron chi connectivity index (χ1n) is 5.27. The van der Waals surface area contributed by atoms with E-state index in [1.807, 2.05) is 30.0 Å². The summed E-state index contributed by atoms with van der Waals surface area (Å²) in [6.07, 6.45) is 0. The molecule has 1 aliphatic heterocycles. The quantitative estimate of drug-likeness (QED) is 0.805. The highest BCUT2D eigenvalue weighted by Crippen LogP contribution is 2.35. The minimum absolute atomic E-state index is 0.701. The minimum Gasteiger partial charge on any atom is -0.496 e. The van der Waals surface area contributed by atoms with Crippen molar-refractivity contribution < 1.29 is 4.74 Å². The van der Waals surface area contributed by atoms with Crippen LogP contribution in [0.4, 0.5) is 0 Å². The number of rotatable bonds is 2. The Labute approximate surface area is 105 Å². The number of nitrogens with zero attached hydrogens (tertiary/aromatic N) is 1. The van der Waals surface area contributed by atoms with Crippen LogP contribution in [0.15, 0.2) is 34.2 Å². The minimum atomic E-state index is 0.701. The molecule has 16 heavy (non-hydrogen) atoms. The van der Waals surface area contributed by atoms with Crippen molar-refractivity contribution in [2.24, 2.45) is 10.9 Å². The van der Waals surface area contributed by atoms with Crippen LogP contribution in [0.5, 0.6) is 5.75 Å². The maximum atomic E-state index is 5.32. The molecule has 0 N–H and O–H groups in total. The summed E-state index contributed by atoms with van der Waals surface area (Å²) in [5.74, 6) is 2.79. The molecule has 2 rings (SSSR count). The topological polar surface area (TPSA) is 21.6 Å². The van der Waals surface area contributed by atoms with Crippen molar-refractivity contribution in [1.29, 1.82) is 0 Å². The fourth-order valence-corrected chi connectivity index (χ4v) is 3.53. The molecule has 1 heterocycles. The van der Waals surface area contributed by atoms with E-state index < -0.39 is 0 Å². The molecular weight excluding hydrogens is 238 g/mol. The maximum absolute atomic E-state index is 5.32. The van der Waals surface area contributed by atoms with E-state index in [1.54, 1.807) is 18.9 Å². The Kier molecular flexibility index (Phi) is 4.18. The van der Waals surface area contributed by atoms with E-state index in [2.05, 4.69) is 18.0 Å². The molecule has 0 bridgehead atoms. The van der Waals surface area contributed by atoms with Crippen molar-refractivity contribution in [3.8, 4) is 5.75 Å². The van der Waals surface area contributed by atoms with Crippen molar-refractivity contribution in [1.82, 2.24) is 0 Å². The second-order valence-electron chi connectivity index (χ2n) is 3.78. The van der Waals surface area contributed by atoms with E-state index in [4.69, 9.17) is 4.74 Å². The predicted octanol–water partition coefficient (Wildman–Crippen LogP) is 3.53. The summed E-state index contributed by atoms with van der Waals surface area (Å²) in [4.78, 5) is 5.71. The summed E-state index contributed by atoms with van der Waals surface area (Å²) < 4.78 is 6.48. The van der Waals surface area contributed by atoms with E-state index in [-0.39, 0.29) is 0 Å². The number of benzene rings is 1. The van der Waals surface area contributed by atoms with Gasteiger partial charge in [-0.05, 0) is 18.1 Å². The monoisotopic (exact) mass is 253 g/mol. The van der Waals surface area contributed by atoms with Gasteiger partial charge in [0.1, 0.15) is 10.1 Å². The molecule has 1 aromatic carbocycles. The van der Waals surface area contributed by atoms with Crippen molar-refractivity contribution in [2.75, 3.05) is 19.4 Å². The van der Waals surface area contributed by atoms with Crippen molar-refractivity contribution in [3.05, 3.63) is 24.3 Å². The standard InChI is InChI=1S/C12H15NOS2/c1-9-7-13-12(15-8-9)16-11-6-4-3-5-10(11)14-2/h3-6,9H,7-8H2,1-2H3. The summed E-state index contributed by atoms with van der Waals surface area (Å²) in [5, 5.41) is 0. The Morgan fingerprint density at radius 2 is 2.25 bits per heavy atom. The number of hydrogen-bond acceptors (Lipinski definition) is 4. The fraction of sp³-hybridized carbons (Fsp3) is 0.417. The molecule has 1 atom stereocenters. The van der Waals surface area contributed by atoms with Gasteiger partial charge in [0.15, 0.2) is 0 Å². The van der Waals surface area contributed by atoms with Crippen molar-refractivity contribution in [3.63, 3.8) is 0 Å². The Bertz CT molecular complexity index is 392. The van der Waals surface area contributed by atoms with Gasteiger partial charge in [0.05, 0.1) is 12.0 Å². The Balaban J connectivity index is 2.09. The molecule has 0 aliphatic carbocycles.